The molecule has 0 unspecified atom stereocenters. The maximum atomic E-state index is 12.4. The fourth-order valence-corrected chi connectivity index (χ4v) is 4.97. The van der Waals surface area contributed by atoms with Crippen molar-refractivity contribution in [3.05, 3.63) is 57.9 Å². The van der Waals surface area contributed by atoms with Gasteiger partial charge in [0.25, 0.3) is 0 Å². The highest BCUT2D eigenvalue weighted by Gasteiger charge is 2.16. The molecule has 3 aromatic heterocycles. The van der Waals surface area contributed by atoms with Crippen LogP contribution in [0.5, 0.6) is 11.5 Å². The molecule has 0 saturated heterocycles. The number of carbonyl (C=O) groups is 1. The van der Waals surface area contributed by atoms with Gasteiger partial charge in [-0.2, -0.15) is 0 Å². The van der Waals surface area contributed by atoms with Crippen molar-refractivity contribution in [2.45, 2.75) is 6.61 Å². The summed E-state index contributed by atoms with van der Waals surface area (Å²) in [6.45, 7) is 0.115. The second kappa shape index (κ2) is 8.73. The van der Waals surface area contributed by atoms with E-state index in [4.69, 9.17) is 14.2 Å². The summed E-state index contributed by atoms with van der Waals surface area (Å²) in [7, 11) is 3.16. The van der Waals surface area contributed by atoms with Gasteiger partial charge in [-0.05, 0) is 29.6 Å². The molecule has 148 valence electrons. The molecule has 0 spiro atoms. The van der Waals surface area contributed by atoms with Gasteiger partial charge in [0.1, 0.15) is 16.6 Å². The Hall–Kier alpha value is -2.75. The van der Waals surface area contributed by atoms with E-state index in [0.29, 0.717) is 16.5 Å². The number of thiazole rings is 2. The highest BCUT2D eigenvalue weighted by molar-refractivity contribution is 7.20. The Morgan fingerprint density at radius 3 is 2.55 bits per heavy atom. The second-order valence-electron chi connectivity index (χ2n) is 5.81. The molecule has 0 aliphatic carbocycles. The second-order valence-corrected chi connectivity index (χ2v) is 8.47. The van der Waals surface area contributed by atoms with Gasteiger partial charge in [0.15, 0.2) is 17.2 Å². The fourth-order valence-electron chi connectivity index (χ4n) is 2.57. The van der Waals surface area contributed by atoms with Gasteiger partial charge in [0.2, 0.25) is 0 Å². The zero-order valence-corrected chi connectivity index (χ0v) is 18.0. The van der Waals surface area contributed by atoms with E-state index < -0.39 is 5.97 Å². The first kappa shape index (κ1) is 19.6. The number of carbonyl (C=O) groups excluding carboxylic acids is 1. The average molecular weight is 445 g/mol. The van der Waals surface area contributed by atoms with Crippen LogP contribution in [0, 0.1) is 0 Å². The molecule has 1 aromatic carbocycles. The molecule has 4 rings (SSSR count). The van der Waals surface area contributed by atoms with Crippen molar-refractivity contribution in [3.8, 4) is 32.0 Å². The monoisotopic (exact) mass is 444 g/mol. The lowest BCUT2D eigenvalue weighted by molar-refractivity contribution is 0.0462. The van der Waals surface area contributed by atoms with Crippen molar-refractivity contribution in [2.75, 3.05) is 14.2 Å². The Morgan fingerprint density at radius 1 is 0.966 bits per heavy atom. The summed E-state index contributed by atoms with van der Waals surface area (Å²) in [6.07, 6.45) is 0. The van der Waals surface area contributed by atoms with Crippen LogP contribution in [0.1, 0.15) is 16.2 Å². The van der Waals surface area contributed by atoms with Crippen LogP contribution in [-0.4, -0.2) is 30.2 Å². The lowest BCUT2D eigenvalue weighted by Crippen LogP contribution is -2.05. The number of aromatic nitrogens is 2. The molecule has 0 amide bonds. The third kappa shape index (κ3) is 4.31. The van der Waals surface area contributed by atoms with E-state index in [9.17, 15) is 4.79 Å². The van der Waals surface area contributed by atoms with Gasteiger partial charge >= 0.3 is 5.97 Å². The first-order chi connectivity index (χ1) is 14.2. The van der Waals surface area contributed by atoms with E-state index in [-0.39, 0.29) is 12.3 Å². The van der Waals surface area contributed by atoms with Crippen LogP contribution in [0.15, 0.2) is 46.5 Å². The highest BCUT2D eigenvalue weighted by atomic mass is 32.1. The molecule has 6 nitrogen and oxygen atoms in total. The number of hydrogen-bond donors (Lipinski definition) is 0. The van der Waals surface area contributed by atoms with Crippen LogP contribution in [0.25, 0.3) is 20.5 Å². The molecular formula is C20H16N2O4S3. The zero-order valence-electron chi connectivity index (χ0n) is 15.6. The first-order valence-corrected chi connectivity index (χ1v) is 11.1. The summed E-state index contributed by atoms with van der Waals surface area (Å²) in [5, 5.41) is 7.22. The van der Waals surface area contributed by atoms with E-state index in [0.717, 1.165) is 21.1 Å². The Kier molecular flexibility index (Phi) is 5.89. The summed E-state index contributed by atoms with van der Waals surface area (Å²) >= 11 is 4.53. The first-order valence-electron chi connectivity index (χ1n) is 8.51. The third-order valence-electron chi connectivity index (χ3n) is 3.98. The topological polar surface area (TPSA) is 70.5 Å². The predicted octanol–water partition coefficient (Wildman–Crippen LogP) is 5.37. The molecule has 4 aromatic rings. The van der Waals surface area contributed by atoms with Crippen molar-refractivity contribution in [2.24, 2.45) is 0 Å². The number of rotatable bonds is 7. The summed E-state index contributed by atoms with van der Waals surface area (Å²) in [6, 6.07) is 9.51. The van der Waals surface area contributed by atoms with Gasteiger partial charge in [0, 0.05) is 16.3 Å². The van der Waals surface area contributed by atoms with Crippen LogP contribution < -0.4 is 9.47 Å². The molecule has 0 N–H and O–H groups in total. The SMILES string of the molecule is COc1ccc(-c2nc(C(=O)OCc3csc(-c4cccs4)n3)cs2)cc1OC. The van der Waals surface area contributed by atoms with E-state index in [2.05, 4.69) is 9.97 Å². The Balaban J connectivity index is 1.42. The van der Waals surface area contributed by atoms with Crippen LogP contribution in [0.3, 0.4) is 0 Å². The molecule has 0 fully saturated rings. The fraction of sp³-hybridized carbons (Fsp3) is 0.150. The Bertz CT molecular complexity index is 1120. The molecule has 9 heteroatoms. The molecule has 3 heterocycles. The number of ether oxygens (including phenoxy) is 3. The van der Waals surface area contributed by atoms with Crippen molar-refractivity contribution in [3.63, 3.8) is 0 Å². The number of benzene rings is 1. The summed E-state index contributed by atoms with van der Waals surface area (Å²) < 4.78 is 16.0. The van der Waals surface area contributed by atoms with Gasteiger partial charge in [-0.3, -0.25) is 0 Å². The maximum Gasteiger partial charge on any atom is 0.358 e. The van der Waals surface area contributed by atoms with Gasteiger partial charge in [-0.25, -0.2) is 14.8 Å². The molecule has 0 atom stereocenters. The molecule has 0 aliphatic heterocycles. The molecule has 0 aliphatic rings. The van der Waals surface area contributed by atoms with E-state index >= 15 is 0 Å². The van der Waals surface area contributed by atoms with Crippen molar-refractivity contribution >= 4 is 40.0 Å². The van der Waals surface area contributed by atoms with Crippen LogP contribution >= 0.6 is 34.0 Å². The minimum Gasteiger partial charge on any atom is -0.493 e. The molecule has 0 saturated carbocycles. The van der Waals surface area contributed by atoms with Gasteiger partial charge in [-0.15, -0.1) is 34.0 Å². The van der Waals surface area contributed by atoms with Crippen molar-refractivity contribution in [1.82, 2.24) is 9.97 Å². The highest BCUT2D eigenvalue weighted by Crippen LogP contribution is 2.33. The van der Waals surface area contributed by atoms with Gasteiger partial charge in [0.05, 0.1) is 24.8 Å². The maximum absolute atomic E-state index is 12.4. The van der Waals surface area contributed by atoms with Crippen molar-refractivity contribution < 1.29 is 19.0 Å². The molecule has 0 radical (unpaired) electrons. The molecular weight excluding hydrogens is 428 g/mol. The van der Waals surface area contributed by atoms with Crippen molar-refractivity contribution in [1.29, 1.82) is 0 Å². The molecule has 29 heavy (non-hydrogen) atoms. The van der Waals surface area contributed by atoms with E-state index in [1.165, 1.54) is 22.7 Å². The van der Waals surface area contributed by atoms with Crippen LogP contribution in [-0.2, 0) is 11.3 Å². The summed E-state index contributed by atoms with van der Waals surface area (Å²) in [4.78, 5) is 22.4. The third-order valence-corrected chi connectivity index (χ3v) is 6.80. The Labute approximate surface area is 179 Å². The predicted molar refractivity (Wildman–Crippen MR) is 115 cm³/mol. The number of hydrogen-bond acceptors (Lipinski definition) is 9. The number of esters is 1. The number of thiophene rings is 1. The minimum atomic E-state index is -0.473. The van der Waals surface area contributed by atoms with Gasteiger partial charge in [-0.1, -0.05) is 6.07 Å². The van der Waals surface area contributed by atoms with E-state index in [1.807, 2.05) is 35.0 Å². The normalized spacial score (nSPS) is 10.7. The largest absolute Gasteiger partial charge is 0.493 e. The Morgan fingerprint density at radius 2 is 1.79 bits per heavy atom. The molecule has 0 bridgehead atoms. The van der Waals surface area contributed by atoms with Crippen LogP contribution in [0.4, 0.5) is 0 Å². The summed E-state index contributed by atoms with van der Waals surface area (Å²) in [5.41, 5.74) is 1.84. The summed E-state index contributed by atoms with van der Waals surface area (Å²) in [5.74, 6) is 0.769. The standard InChI is InChI=1S/C20H16N2O4S3/c1-24-15-6-5-12(8-16(15)25-2)18-22-14(11-29-18)20(23)26-9-13-10-28-19(21-13)17-4-3-7-27-17/h3-8,10-11H,9H2,1-2H3. The average Bonchev–Trinajstić information content (AvgIpc) is 3.52. The minimum absolute atomic E-state index is 0.115. The van der Waals surface area contributed by atoms with Crippen LogP contribution in [0.2, 0.25) is 0 Å². The van der Waals surface area contributed by atoms with E-state index in [1.54, 1.807) is 37.0 Å². The lowest BCUT2D eigenvalue weighted by atomic mass is 10.2. The quantitative estimate of drug-likeness (QED) is 0.357. The number of methoxy groups -OCH3 is 2. The van der Waals surface area contributed by atoms with Gasteiger partial charge < -0.3 is 14.2 Å². The zero-order chi connectivity index (χ0) is 20.2. The smallest absolute Gasteiger partial charge is 0.358 e. The lowest BCUT2D eigenvalue weighted by Gasteiger charge is -2.08. The number of nitrogens with zero attached hydrogens (tertiary/aromatic N) is 2.